The van der Waals surface area contributed by atoms with Crippen molar-refractivity contribution in [1.29, 1.82) is 0 Å². The van der Waals surface area contributed by atoms with Gasteiger partial charge in [0.15, 0.2) is 0 Å². The van der Waals surface area contributed by atoms with Crippen LogP contribution in [0, 0.1) is 0 Å². The zero-order valence-electron chi connectivity index (χ0n) is 10.2. The van der Waals surface area contributed by atoms with Crippen molar-refractivity contribution in [3.05, 3.63) is 30.3 Å². The van der Waals surface area contributed by atoms with Crippen LogP contribution in [-0.2, 0) is 0 Å². The summed E-state index contributed by atoms with van der Waals surface area (Å²) < 4.78 is 0. The van der Waals surface area contributed by atoms with E-state index >= 15 is 0 Å². The van der Waals surface area contributed by atoms with Crippen molar-refractivity contribution in [3.8, 4) is 0 Å². The lowest BCUT2D eigenvalue weighted by atomic mass is 10.2. The standard InChI is InChI=1S/C13H22OSi/c1-5-13(14)11(2)15(3,4)12-9-7-6-8-10-12/h6-11,13-14H,5H2,1-4H3. The summed E-state index contributed by atoms with van der Waals surface area (Å²) in [5.74, 6) is 0. The quantitative estimate of drug-likeness (QED) is 0.777. The monoisotopic (exact) mass is 222 g/mol. The number of rotatable bonds is 4. The molecule has 0 fully saturated rings. The van der Waals surface area contributed by atoms with E-state index in [4.69, 9.17) is 0 Å². The maximum Gasteiger partial charge on any atom is 0.0859 e. The Kier molecular flexibility index (Phi) is 4.11. The Hall–Kier alpha value is -0.603. The van der Waals surface area contributed by atoms with Crippen LogP contribution in [-0.4, -0.2) is 19.3 Å². The maximum absolute atomic E-state index is 9.96. The summed E-state index contributed by atoms with van der Waals surface area (Å²) >= 11 is 0. The highest BCUT2D eigenvalue weighted by molar-refractivity contribution is 6.91. The van der Waals surface area contributed by atoms with E-state index in [9.17, 15) is 5.11 Å². The van der Waals surface area contributed by atoms with Gasteiger partial charge in [-0.15, -0.1) is 0 Å². The highest BCUT2D eigenvalue weighted by Gasteiger charge is 2.33. The fraction of sp³-hybridized carbons (Fsp3) is 0.538. The van der Waals surface area contributed by atoms with Crippen LogP contribution >= 0.6 is 0 Å². The van der Waals surface area contributed by atoms with Gasteiger partial charge in [0.2, 0.25) is 0 Å². The van der Waals surface area contributed by atoms with Crippen molar-refractivity contribution < 1.29 is 5.11 Å². The van der Waals surface area contributed by atoms with Gasteiger partial charge in [-0.1, -0.05) is 62.5 Å². The number of aliphatic hydroxyl groups excluding tert-OH is 1. The predicted molar refractivity (Wildman–Crippen MR) is 69.3 cm³/mol. The molecule has 2 atom stereocenters. The molecule has 1 aromatic carbocycles. The Morgan fingerprint density at radius 1 is 1.20 bits per heavy atom. The molecule has 0 aliphatic carbocycles. The molecule has 0 heterocycles. The minimum absolute atomic E-state index is 0.160. The van der Waals surface area contributed by atoms with E-state index in [1.807, 2.05) is 0 Å². The van der Waals surface area contributed by atoms with E-state index in [0.717, 1.165) is 6.42 Å². The van der Waals surface area contributed by atoms with Crippen molar-refractivity contribution in [2.75, 3.05) is 0 Å². The fourth-order valence-corrected chi connectivity index (χ4v) is 4.74. The predicted octanol–water partition coefficient (Wildman–Crippen LogP) is 2.76. The van der Waals surface area contributed by atoms with Gasteiger partial charge in [-0.3, -0.25) is 0 Å². The Morgan fingerprint density at radius 2 is 1.73 bits per heavy atom. The molecule has 0 bridgehead atoms. The van der Waals surface area contributed by atoms with Crippen LogP contribution in [0.5, 0.6) is 0 Å². The van der Waals surface area contributed by atoms with Crippen molar-refractivity contribution in [2.24, 2.45) is 0 Å². The van der Waals surface area contributed by atoms with E-state index in [-0.39, 0.29) is 6.10 Å². The molecule has 2 heteroatoms. The molecular weight excluding hydrogens is 200 g/mol. The van der Waals surface area contributed by atoms with Gasteiger partial charge < -0.3 is 5.11 Å². The molecule has 15 heavy (non-hydrogen) atoms. The summed E-state index contributed by atoms with van der Waals surface area (Å²) in [6.07, 6.45) is 0.691. The average molecular weight is 222 g/mol. The lowest BCUT2D eigenvalue weighted by Crippen LogP contribution is -2.48. The summed E-state index contributed by atoms with van der Waals surface area (Å²) in [6.45, 7) is 8.92. The molecule has 1 aromatic rings. The van der Waals surface area contributed by atoms with Crippen molar-refractivity contribution in [3.63, 3.8) is 0 Å². The topological polar surface area (TPSA) is 20.2 Å². The van der Waals surface area contributed by atoms with Crippen molar-refractivity contribution >= 4 is 13.3 Å². The summed E-state index contributed by atoms with van der Waals surface area (Å²) in [7, 11) is -1.52. The Morgan fingerprint density at radius 3 is 2.20 bits per heavy atom. The maximum atomic E-state index is 9.96. The van der Waals surface area contributed by atoms with Gasteiger partial charge >= 0.3 is 0 Å². The lowest BCUT2D eigenvalue weighted by molar-refractivity contribution is 0.164. The van der Waals surface area contributed by atoms with Crippen molar-refractivity contribution in [2.45, 2.75) is 45.0 Å². The summed E-state index contributed by atoms with van der Waals surface area (Å²) in [6, 6.07) is 10.6. The van der Waals surface area contributed by atoms with Gasteiger partial charge in [0.05, 0.1) is 14.2 Å². The zero-order chi connectivity index (χ0) is 11.5. The molecule has 0 saturated heterocycles. The highest BCUT2D eigenvalue weighted by Crippen LogP contribution is 2.26. The first-order chi connectivity index (χ1) is 7.00. The smallest absolute Gasteiger partial charge is 0.0859 e. The Labute approximate surface area is 94.2 Å². The Bertz CT molecular complexity index is 295. The first-order valence-corrected chi connectivity index (χ1v) is 8.81. The van der Waals surface area contributed by atoms with Crippen LogP contribution in [0.3, 0.4) is 0 Å². The zero-order valence-corrected chi connectivity index (χ0v) is 11.2. The minimum Gasteiger partial charge on any atom is -0.393 e. The normalized spacial score (nSPS) is 16.1. The molecule has 0 spiro atoms. The molecule has 1 N–H and O–H groups in total. The fourth-order valence-electron chi connectivity index (χ4n) is 1.97. The molecule has 0 aromatic heterocycles. The van der Waals surface area contributed by atoms with Crippen LogP contribution in [0.15, 0.2) is 30.3 Å². The Balaban J connectivity index is 2.92. The summed E-state index contributed by atoms with van der Waals surface area (Å²) in [5.41, 5.74) is 0.407. The molecule has 0 aliphatic heterocycles. The first-order valence-electron chi connectivity index (χ1n) is 5.73. The SMILES string of the molecule is CCC(O)C(C)[Si](C)(C)c1ccccc1. The molecular formula is C13H22OSi. The molecule has 84 valence electrons. The van der Waals surface area contributed by atoms with Gasteiger partial charge in [0, 0.05) is 0 Å². The molecule has 0 amide bonds. The first kappa shape index (κ1) is 12.5. The van der Waals surface area contributed by atoms with Crippen LogP contribution in [0.4, 0.5) is 0 Å². The second-order valence-electron chi connectivity index (χ2n) is 4.85. The van der Waals surface area contributed by atoms with E-state index in [1.165, 1.54) is 5.19 Å². The van der Waals surface area contributed by atoms with E-state index in [0.29, 0.717) is 5.54 Å². The minimum atomic E-state index is -1.52. The van der Waals surface area contributed by atoms with E-state index in [2.05, 4.69) is 57.3 Å². The number of hydrogen-bond donors (Lipinski definition) is 1. The van der Waals surface area contributed by atoms with Crippen molar-refractivity contribution in [1.82, 2.24) is 0 Å². The third kappa shape index (κ3) is 2.70. The molecule has 0 aliphatic rings. The third-order valence-corrected chi connectivity index (χ3v) is 8.13. The van der Waals surface area contributed by atoms with Crippen LogP contribution < -0.4 is 5.19 Å². The molecule has 1 nitrogen and oxygen atoms in total. The number of aliphatic hydroxyl groups is 1. The second kappa shape index (κ2) is 4.95. The highest BCUT2D eigenvalue weighted by atomic mass is 28.3. The largest absolute Gasteiger partial charge is 0.393 e. The summed E-state index contributed by atoms with van der Waals surface area (Å²) in [5, 5.41) is 11.4. The third-order valence-electron chi connectivity index (χ3n) is 3.65. The average Bonchev–Trinajstić information content (AvgIpc) is 2.28. The van der Waals surface area contributed by atoms with E-state index in [1.54, 1.807) is 0 Å². The van der Waals surface area contributed by atoms with Gasteiger partial charge in [0.25, 0.3) is 0 Å². The second-order valence-corrected chi connectivity index (χ2v) is 9.78. The molecule has 2 unspecified atom stereocenters. The van der Waals surface area contributed by atoms with Crippen LogP contribution in [0.2, 0.25) is 18.6 Å². The number of hydrogen-bond acceptors (Lipinski definition) is 1. The summed E-state index contributed by atoms with van der Waals surface area (Å²) in [4.78, 5) is 0. The van der Waals surface area contributed by atoms with E-state index < -0.39 is 8.07 Å². The van der Waals surface area contributed by atoms with Gasteiger partial charge in [0.1, 0.15) is 0 Å². The molecule has 0 saturated carbocycles. The van der Waals surface area contributed by atoms with Gasteiger partial charge in [-0.05, 0) is 12.0 Å². The molecule has 1 rings (SSSR count). The lowest BCUT2D eigenvalue weighted by Gasteiger charge is -2.33. The van der Waals surface area contributed by atoms with Gasteiger partial charge in [-0.2, -0.15) is 0 Å². The van der Waals surface area contributed by atoms with Crippen LogP contribution in [0.1, 0.15) is 20.3 Å². The van der Waals surface area contributed by atoms with Crippen LogP contribution in [0.25, 0.3) is 0 Å². The van der Waals surface area contributed by atoms with Gasteiger partial charge in [-0.25, -0.2) is 0 Å². The molecule has 0 radical (unpaired) electrons. The number of benzene rings is 1.